The predicted molar refractivity (Wildman–Crippen MR) is 207 cm³/mol. The third-order valence-corrected chi connectivity index (χ3v) is 14.9. The van der Waals surface area contributed by atoms with Crippen LogP contribution in [0, 0.1) is 18.8 Å². The molecule has 15 heteroatoms. The molecule has 2 aromatic heterocycles. The topological polar surface area (TPSA) is 160 Å². The number of nitrogens with one attached hydrogen (secondary N) is 2. The van der Waals surface area contributed by atoms with E-state index >= 15 is 0 Å². The van der Waals surface area contributed by atoms with E-state index in [0.29, 0.717) is 42.1 Å². The van der Waals surface area contributed by atoms with Crippen LogP contribution in [-0.4, -0.2) is 95.7 Å². The van der Waals surface area contributed by atoms with Gasteiger partial charge in [-0.15, -0.1) is 11.3 Å². The van der Waals surface area contributed by atoms with Gasteiger partial charge in [-0.1, -0.05) is 32.9 Å². The number of nitrogens with zero attached hydrogens (tertiary/aromatic N) is 4. The molecule has 13 nitrogen and oxygen atoms in total. The first-order valence-corrected chi connectivity index (χ1v) is 21.1. The monoisotopic (exact) mass is 778 g/mol. The van der Waals surface area contributed by atoms with E-state index in [1.807, 2.05) is 49.6 Å². The zero-order chi connectivity index (χ0) is 38.7. The van der Waals surface area contributed by atoms with Crippen molar-refractivity contribution in [1.82, 2.24) is 29.8 Å². The van der Waals surface area contributed by atoms with E-state index in [2.05, 4.69) is 23.9 Å². The zero-order valence-electron chi connectivity index (χ0n) is 32.0. The Kier molecular flexibility index (Phi) is 9.95. The van der Waals surface area contributed by atoms with E-state index in [1.54, 1.807) is 37.3 Å². The average Bonchev–Trinajstić information content (AvgIpc) is 3.94. The van der Waals surface area contributed by atoms with Gasteiger partial charge in [0.2, 0.25) is 15.9 Å². The number of hydrogen-bond acceptors (Lipinski definition) is 10. The second-order valence-electron chi connectivity index (χ2n) is 15.9. The van der Waals surface area contributed by atoms with Crippen LogP contribution in [0.4, 0.5) is 4.79 Å². The number of allylic oxidation sites excluding steroid dienone is 1. The minimum Gasteiger partial charge on any atom is -0.496 e. The normalized spacial score (nSPS) is 27.5. The quantitative estimate of drug-likeness (QED) is 0.281. The van der Waals surface area contributed by atoms with Crippen molar-refractivity contribution in [1.29, 1.82) is 0 Å². The van der Waals surface area contributed by atoms with Gasteiger partial charge in [-0.25, -0.2) is 23.2 Å². The number of aromatic nitrogens is 2. The summed E-state index contributed by atoms with van der Waals surface area (Å²) in [6.45, 7) is 10.2. The summed E-state index contributed by atoms with van der Waals surface area (Å²) in [5.41, 5.74) is 1.42. The van der Waals surface area contributed by atoms with Crippen molar-refractivity contribution in [2.75, 3.05) is 27.2 Å². The number of methoxy groups -OCH3 is 1. The van der Waals surface area contributed by atoms with Crippen LogP contribution >= 0.6 is 11.3 Å². The molecule has 1 aromatic carbocycles. The third-order valence-electron chi connectivity index (χ3n) is 11.6. The maximum absolute atomic E-state index is 14.5. The number of urea groups is 1. The number of carbonyl (C=O) groups is 3. The van der Waals surface area contributed by atoms with Gasteiger partial charge in [0, 0.05) is 53.7 Å². The molecule has 4 aliphatic rings. The molecule has 7 rings (SSSR count). The number of amides is 4. The SMILES string of the molecule is COc1ccc2c(O[C@H]3CN4C(=O)N(C)CCCC/C=C\[C@@H]5C[C@@]5(C(=O)NS(=O)(=O)C5(C)CC5)NC(=O)[C@@H]4[C@H]3C)cc(-c3csc(C(C)C)n3)nc2c1C. The van der Waals surface area contributed by atoms with Crippen LogP contribution in [0.5, 0.6) is 11.5 Å². The van der Waals surface area contributed by atoms with Gasteiger partial charge in [-0.3, -0.25) is 14.3 Å². The smallest absolute Gasteiger partial charge is 0.320 e. The van der Waals surface area contributed by atoms with Crippen molar-refractivity contribution in [2.24, 2.45) is 11.8 Å². The number of sulfonamides is 1. The van der Waals surface area contributed by atoms with Gasteiger partial charge in [-0.2, -0.15) is 0 Å². The minimum atomic E-state index is -3.95. The van der Waals surface area contributed by atoms with Crippen LogP contribution in [-0.2, 0) is 19.6 Å². The van der Waals surface area contributed by atoms with Gasteiger partial charge in [0.1, 0.15) is 29.2 Å². The molecule has 290 valence electrons. The van der Waals surface area contributed by atoms with Crippen molar-refractivity contribution in [2.45, 2.75) is 101 Å². The highest BCUT2D eigenvalue weighted by molar-refractivity contribution is 7.91. The number of carbonyl (C=O) groups excluding carboxylic acids is 3. The number of fused-ring (bicyclic) bond motifs is 3. The van der Waals surface area contributed by atoms with E-state index in [0.717, 1.165) is 40.9 Å². The number of hydrogen-bond donors (Lipinski definition) is 2. The van der Waals surface area contributed by atoms with Gasteiger partial charge >= 0.3 is 6.03 Å². The van der Waals surface area contributed by atoms with E-state index < -0.39 is 50.2 Å². The van der Waals surface area contributed by atoms with E-state index in [4.69, 9.17) is 19.4 Å². The molecule has 2 aliphatic carbocycles. The lowest BCUT2D eigenvalue weighted by Crippen LogP contribution is -2.58. The Morgan fingerprint density at radius 3 is 2.57 bits per heavy atom. The van der Waals surface area contributed by atoms with Crippen molar-refractivity contribution < 1.29 is 32.3 Å². The molecule has 0 spiro atoms. The lowest BCUT2D eigenvalue weighted by molar-refractivity contribution is -0.132. The lowest BCUT2D eigenvalue weighted by atomic mass is 9.98. The molecule has 1 saturated heterocycles. The Balaban J connectivity index is 1.24. The maximum atomic E-state index is 14.5. The largest absolute Gasteiger partial charge is 0.496 e. The summed E-state index contributed by atoms with van der Waals surface area (Å²) in [5.74, 6) is -0.713. The average molecular weight is 779 g/mol. The van der Waals surface area contributed by atoms with Gasteiger partial charge in [0.15, 0.2) is 0 Å². The Morgan fingerprint density at radius 1 is 1.13 bits per heavy atom. The van der Waals surface area contributed by atoms with E-state index in [-0.39, 0.29) is 30.8 Å². The Labute approximate surface area is 320 Å². The Morgan fingerprint density at radius 2 is 1.89 bits per heavy atom. The summed E-state index contributed by atoms with van der Waals surface area (Å²) in [7, 11) is -0.606. The standard InChI is InChI=1S/C39H50N6O7S2/c1-22(2)35-41-28(21-53-35)27-18-30(26-13-14-29(51-7)23(3)32(26)40-27)52-31-20-45-33(24(31)4)34(46)42-39(36(47)43-54(49,50)38(5)15-16-38)19-25(39)12-10-8-9-11-17-44(6)37(45)48/h10,12-14,18,21-22,24-25,31,33H,8-9,11,15-17,19-20H2,1-7H3,(H,42,46)(H,43,47)/b12-10-/t24-,25+,31-,33-,39+/m0/s1. The molecule has 0 bridgehead atoms. The number of aryl methyl sites for hydroxylation is 1. The van der Waals surface area contributed by atoms with Crippen LogP contribution in [0.25, 0.3) is 22.3 Å². The lowest BCUT2D eigenvalue weighted by Gasteiger charge is -2.31. The second-order valence-corrected chi connectivity index (χ2v) is 19.0. The number of thiazole rings is 1. The van der Waals surface area contributed by atoms with Crippen molar-refractivity contribution in [3.63, 3.8) is 0 Å². The van der Waals surface area contributed by atoms with Crippen LogP contribution in [0.3, 0.4) is 0 Å². The molecule has 5 atom stereocenters. The minimum absolute atomic E-state index is 0.111. The molecule has 2 aliphatic heterocycles. The molecule has 4 amide bonds. The summed E-state index contributed by atoms with van der Waals surface area (Å²) >= 11 is 1.57. The number of pyridine rings is 1. The van der Waals surface area contributed by atoms with Crippen LogP contribution in [0.15, 0.2) is 35.7 Å². The van der Waals surface area contributed by atoms with Gasteiger partial charge in [0.05, 0.1) is 40.3 Å². The molecule has 2 N–H and O–H groups in total. The molecule has 0 radical (unpaired) electrons. The molecular formula is C39H50N6O7S2. The summed E-state index contributed by atoms with van der Waals surface area (Å²) < 4.78 is 40.1. The highest BCUT2D eigenvalue weighted by atomic mass is 32.2. The first kappa shape index (κ1) is 38.1. The number of benzene rings is 1. The van der Waals surface area contributed by atoms with E-state index in [9.17, 15) is 22.8 Å². The molecule has 4 heterocycles. The molecule has 2 saturated carbocycles. The van der Waals surface area contributed by atoms with Crippen LogP contribution in [0.1, 0.15) is 82.7 Å². The first-order valence-electron chi connectivity index (χ1n) is 18.8. The zero-order valence-corrected chi connectivity index (χ0v) is 33.6. The molecular weight excluding hydrogens is 729 g/mol. The fourth-order valence-corrected chi connectivity index (χ4v) is 9.73. The predicted octanol–water partition coefficient (Wildman–Crippen LogP) is 5.53. The molecule has 3 aromatic rings. The Hall–Kier alpha value is -4.24. The summed E-state index contributed by atoms with van der Waals surface area (Å²) in [4.78, 5) is 55.5. The number of ether oxygens (including phenoxy) is 2. The summed E-state index contributed by atoms with van der Waals surface area (Å²) in [5, 5.41) is 6.68. The molecule has 3 fully saturated rings. The van der Waals surface area contributed by atoms with Crippen molar-refractivity contribution >= 4 is 50.1 Å². The van der Waals surface area contributed by atoms with Gasteiger partial charge in [0.25, 0.3) is 5.91 Å². The highest BCUT2D eigenvalue weighted by Gasteiger charge is 2.63. The van der Waals surface area contributed by atoms with Gasteiger partial charge < -0.3 is 24.6 Å². The fourth-order valence-electron chi connectivity index (χ4n) is 7.59. The van der Waals surface area contributed by atoms with Crippen LogP contribution in [0.2, 0.25) is 0 Å². The van der Waals surface area contributed by atoms with Crippen molar-refractivity contribution in [3.8, 4) is 22.9 Å². The fraction of sp³-hybridized carbons (Fsp3) is 0.564. The summed E-state index contributed by atoms with van der Waals surface area (Å²) in [6, 6.07) is 4.31. The van der Waals surface area contributed by atoms with E-state index in [1.165, 1.54) is 4.90 Å². The third kappa shape index (κ3) is 6.82. The molecule has 0 unspecified atom stereocenters. The van der Waals surface area contributed by atoms with Gasteiger partial charge in [-0.05, 0) is 64.5 Å². The summed E-state index contributed by atoms with van der Waals surface area (Å²) in [6.07, 6.45) is 6.76. The Bertz CT molecular complexity index is 2130. The number of rotatable bonds is 8. The maximum Gasteiger partial charge on any atom is 0.320 e. The highest BCUT2D eigenvalue weighted by Crippen LogP contribution is 2.48. The molecule has 54 heavy (non-hydrogen) atoms. The second kappa shape index (κ2) is 14.1. The van der Waals surface area contributed by atoms with Crippen LogP contribution < -0.4 is 19.5 Å². The first-order chi connectivity index (χ1) is 25.6. The van der Waals surface area contributed by atoms with Crippen molar-refractivity contribution in [3.05, 3.63) is 46.3 Å².